The maximum absolute atomic E-state index is 12.1. The van der Waals surface area contributed by atoms with Crippen molar-refractivity contribution < 1.29 is 19.4 Å². The number of benzene rings is 2. The second kappa shape index (κ2) is 10.5. The molecule has 3 rings (SSSR count). The van der Waals surface area contributed by atoms with Crippen LogP contribution in [0.1, 0.15) is 12.5 Å². The van der Waals surface area contributed by atoms with E-state index in [1.165, 1.54) is 18.0 Å². The van der Waals surface area contributed by atoms with E-state index < -0.39 is 0 Å². The molecule has 0 aliphatic carbocycles. The van der Waals surface area contributed by atoms with Gasteiger partial charge >= 0.3 is 0 Å². The summed E-state index contributed by atoms with van der Waals surface area (Å²) >= 11 is 1.26. The van der Waals surface area contributed by atoms with Crippen LogP contribution in [0.3, 0.4) is 0 Å². The lowest BCUT2D eigenvalue weighted by molar-refractivity contribution is -0.118. The van der Waals surface area contributed by atoms with Crippen LogP contribution in [0.2, 0.25) is 0 Å². The number of hydrogen-bond acceptors (Lipinski definition) is 8. The molecule has 0 saturated heterocycles. The number of hydrazone groups is 1. The van der Waals surface area contributed by atoms with Gasteiger partial charge in [-0.2, -0.15) is 5.10 Å². The monoisotopic (exact) mass is 441 g/mol. The molecule has 162 valence electrons. The van der Waals surface area contributed by atoms with Crippen molar-refractivity contribution in [2.75, 3.05) is 20.0 Å². The molecule has 0 aliphatic heterocycles. The zero-order chi connectivity index (χ0) is 22.2. The Morgan fingerprint density at radius 1 is 1.19 bits per heavy atom. The molecule has 0 radical (unpaired) electrons. The van der Waals surface area contributed by atoms with Gasteiger partial charge in [-0.3, -0.25) is 4.79 Å². The van der Waals surface area contributed by atoms with Crippen molar-refractivity contribution in [1.29, 1.82) is 0 Å². The number of amides is 1. The highest BCUT2D eigenvalue weighted by Crippen LogP contribution is 2.32. The fraction of sp³-hybridized carbons (Fsp3) is 0.238. The van der Waals surface area contributed by atoms with E-state index in [0.29, 0.717) is 34.6 Å². The highest BCUT2D eigenvalue weighted by molar-refractivity contribution is 7.99. The molecule has 10 heteroatoms. The molecule has 9 nitrogen and oxygen atoms in total. The van der Waals surface area contributed by atoms with E-state index in [1.807, 2.05) is 29.7 Å². The number of aromatic nitrogens is 3. The van der Waals surface area contributed by atoms with Gasteiger partial charge in [-0.15, -0.1) is 10.2 Å². The summed E-state index contributed by atoms with van der Waals surface area (Å²) in [6, 6.07) is 12.3. The molecule has 1 aromatic heterocycles. The lowest BCUT2D eigenvalue weighted by Gasteiger charge is -2.10. The van der Waals surface area contributed by atoms with Gasteiger partial charge in [-0.25, -0.2) is 5.43 Å². The first-order valence-corrected chi connectivity index (χ1v) is 10.4. The molecule has 0 unspecified atom stereocenters. The number of aromatic hydroxyl groups is 1. The Balaban J connectivity index is 1.66. The van der Waals surface area contributed by atoms with Gasteiger partial charge in [0.2, 0.25) is 0 Å². The van der Waals surface area contributed by atoms with Crippen LogP contribution in [-0.4, -0.2) is 52.0 Å². The van der Waals surface area contributed by atoms with E-state index in [1.54, 1.807) is 38.5 Å². The molecule has 0 bridgehead atoms. The Bertz CT molecular complexity index is 1080. The Morgan fingerprint density at radius 3 is 2.68 bits per heavy atom. The molecular weight excluding hydrogens is 418 g/mol. The number of hydrogen-bond donors (Lipinski definition) is 2. The van der Waals surface area contributed by atoms with Crippen molar-refractivity contribution in [2.45, 2.75) is 18.6 Å². The summed E-state index contributed by atoms with van der Waals surface area (Å²) in [5, 5.41) is 22.7. The first-order chi connectivity index (χ1) is 15.1. The molecule has 0 atom stereocenters. The minimum absolute atomic E-state index is 0.0913. The third kappa shape index (κ3) is 5.34. The topological polar surface area (TPSA) is 111 Å². The normalized spacial score (nSPS) is 10.9. The minimum Gasteiger partial charge on any atom is -0.507 e. The highest BCUT2D eigenvalue weighted by Gasteiger charge is 2.16. The predicted octanol–water partition coefficient (Wildman–Crippen LogP) is 2.93. The third-order valence-corrected chi connectivity index (χ3v) is 5.30. The van der Waals surface area contributed by atoms with Gasteiger partial charge in [-0.1, -0.05) is 23.9 Å². The second-order valence-corrected chi connectivity index (χ2v) is 7.20. The molecule has 1 heterocycles. The molecule has 2 N–H and O–H groups in total. The predicted molar refractivity (Wildman–Crippen MR) is 119 cm³/mol. The van der Waals surface area contributed by atoms with Gasteiger partial charge in [0.1, 0.15) is 5.75 Å². The number of ether oxygens (including phenoxy) is 2. The van der Waals surface area contributed by atoms with Crippen LogP contribution < -0.4 is 14.9 Å². The molecule has 3 aromatic rings. The quantitative estimate of drug-likeness (QED) is 0.298. The lowest BCUT2D eigenvalue weighted by atomic mass is 10.2. The summed E-state index contributed by atoms with van der Waals surface area (Å²) in [6.45, 7) is 2.61. The van der Waals surface area contributed by atoms with Crippen LogP contribution >= 0.6 is 11.8 Å². The van der Waals surface area contributed by atoms with E-state index in [0.717, 1.165) is 5.56 Å². The van der Waals surface area contributed by atoms with Gasteiger partial charge in [0.25, 0.3) is 5.91 Å². The van der Waals surface area contributed by atoms with Gasteiger partial charge in [0.05, 0.1) is 26.2 Å². The third-order valence-electron chi connectivity index (χ3n) is 4.34. The Kier molecular flexibility index (Phi) is 7.50. The Labute approximate surface area is 184 Å². The number of methoxy groups -OCH3 is 2. The molecule has 1 amide bonds. The molecule has 0 spiro atoms. The van der Waals surface area contributed by atoms with E-state index in [2.05, 4.69) is 20.7 Å². The molecule has 2 aromatic carbocycles. The number of nitrogens with one attached hydrogen (secondary N) is 1. The average molecular weight is 442 g/mol. The number of phenolic OH excluding ortho intramolecular Hbond substituents is 1. The van der Waals surface area contributed by atoms with Gasteiger partial charge in [0.15, 0.2) is 22.5 Å². The number of nitrogens with zero attached hydrogens (tertiary/aromatic N) is 4. The van der Waals surface area contributed by atoms with Crippen LogP contribution in [0, 0.1) is 0 Å². The number of phenols is 1. The van der Waals surface area contributed by atoms with Crippen molar-refractivity contribution in [1.82, 2.24) is 20.2 Å². The van der Waals surface area contributed by atoms with Gasteiger partial charge in [-0.05, 0) is 37.3 Å². The maximum atomic E-state index is 12.1. The van der Waals surface area contributed by atoms with Crippen LogP contribution in [-0.2, 0) is 11.3 Å². The van der Waals surface area contributed by atoms with E-state index in [-0.39, 0.29) is 17.4 Å². The first-order valence-electron chi connectivity index (χ1n) is 9.45. The number of para-hydroxylation sites is 1. The number of carbonyl (C=O) groups is 1. The molecule has 31 heavy (non-hydrogen) atoms. The minimum atomic E-state index is -0.296. The summed E-state index contributed by atoms with van der Waals surface area (Å²) in [5.41, 5.74) is 3.79. The zero-order valence-corrected chi connectivity index (χ0v) is 18.2. The van der Waals surface area contributed by atoms with E-state index in [4.69, 9.17) is 9.47 Å². The number of rotatable bonds is 9. The second-order valence-electron chi connectivity index (χ2n) is 6.26. The van der Waals surface area contributed by atoms with Crippen LogP contribution in [0.5, 0.6) is 17.2 Å². The largest absolute Gasteiger partial charge is 0.507 e. The van der Waals surface area contributed by atoms with Crippen LogP contribution in [0.25, 0.3) is 11.4 Å². The standard InChI is InChI=1S/C21H23N5O4S/c1-4-26-20(14-9-10-17(29-2)18(11-14)30-3)24-25-21(26)31-13-19(28)23-22-12-15-7-5-6-8-16(15)27/h5-12,27H,4,13H2,1-3H3,(H,23,28)/b22-12+. The van der Waals surface area contributed by atoms with Crippen LogP contribution in [0.4, 0.5) is 0 Å². The summed E-state index contributed by atoms with van der Waals surface area (Å²) in [6.07, 6.45) is 1.39. The molecule has 0 aliphatic rings. The van der Waals surface area contributed by atoms with Crippen molar-refractivity contribution in [2.24, 2.45) is 5.10 Å². The van der Waals surface area contributed by atoms with Crippen molar-refractivity contribution in [3.8, 4) is 28.6 Å². The van der Waals surface area contributed by atoms with E-state index in [9.17, 15) is 9.90 Å². The molecule has 0 saturated carbocycles. The first kappa shape index (κ1) is 22.2. The number of carbonyl (C=O) groups excluding carboxylic acids is 1. The molecular formula is C21H23N5O4S. The number of thioether (sulfide) groups is 1. The maximum Gasteiger partial charge on any atom is 0.250 e. The van der Waals surface area contributed by atoms with Gasteiger partial charge in [0, 0.05) is 17.7 Å². The average Bonchev–Trinajstić information content (AvgIpc) is 3.21. The smallest absolute Gasteiger partial charge is 0.250 e. The van der Waals surface area contributed by atoms with Crippen molar-refractivity contribution in [3.05, 3.63) is 48.0 Å². The summed E-state index contributed by atoms with van der Waals surface area (Å²) in [5.74, 6) is 1.81. The van der Waals surface area contributed by atoms with E-state index >= 15 is 0 Å². The SMILES string of the molecule is CCn1c(SCC(=O)N/N=C/c2ccccc2O)nnc1-c1ccc(OC)c(OC)c1. The summed E-state index contributed by atoms with van der Waals surface area (Å²) < 4.78 is 12.6. The Hall–Kier alpha value is -3.53. The Morgan fingerprint density at radius 2 is 1.97 bits per heavy atom. The van der Waals surface area contributed by atoms with Crippen molar-refractivity contribution in [3.63, 3.8) is 0 Å². The summed E-state index contributed by atoms with van der Waals surface area (Å²) in [7, 11) is 3.16. The van der Waals surface area contributed by atoms with Crippen molar-refractivity contribution >= 4 is 23.9 Å². The fourth-order valence-corrected chi connectivity index (χ4v) is 3.60. The van der Waals surface area contributed by atoms with Gasteiger partial charge < -0.3 is 19.1 Å². The lowest BCUT2D eigenvalue weighted by Crippen LogP contribution is -2.20. The fourth-order valence-electron chi connectivity index (χ4n) is 2.80. The van der Waals surface area contributed by atoms with Crippen LogP contribution in [0.15, 0.2) is 52.7 Å². The molecule has 0 fully saturated rings. The zero-order valence-electron chi connectivity index (χ0n) is 17.4. The summed E-state index contributed by atoms with van der Waals surface area (Å²) in [4.78, 5) is 12.1. The highest BCUT2D eigenvalue weighted by atomic mass is 32.2.